The summed E-state index contributed by atoms with van der Waals surface area (Å²) >= 11 is 1.11. The van der Waals surface area contributed by atoms with Gasteiger partial charge in [0.15, 0.2) is 5.13 Å². The van der Waals surface area contributed by atoms with E-state index in [0.717, 1.165) is 21.8 Å². The van der Waals surface area contributed by atoms with Crippen LogP contribution in [0.25, 0.3) is 6.08 Å². The molecular weight excluding hydrogens is 415 g/mol. The monoisotopic (exact) mass is 434 g/mol. The number of nitrogens with one attached hydrogen (secondary N) is 1. The van der Waals surface area contributed by atoms with Gasteiger partial charge in [-0.2, -0.15) is 5.26 Å². The molecule has 3 rings (SSSR count). The summed E-state index contributed by atoms with van der Waals surface area (Å²) in [7, 11) is 0. The van der Waals surface area contributed by atoms with Crippen LogP contribution in [-0.2, 0) is 16.0 Å². The molecule has 1 N–H and O–H groups in total. The van der Waals surface area contributed by atoms with E-state index in [1.54, 1.807) is 11.4 Å². The second-order valence-electron chi connectivity index (χ2n) is 6.52. The third-order valence-corrected chi connectivity index (χ3v) is 5.15. The molecule has 0 atom stereocenters. The highest BCUT2D eigenvalue weighted by molar-refractivity contribution is 7.14. The third kappa shape index (κ3) is 5.62. The lowest BCUT2D eigenvalue weighted by Gasteiger charge is -2.18. The maximum Gasteiger partial charge on any atom is 0.262 e. The second-order valence-corrected chi connectivity index (χ2v) is 7.36. The Morgan fingerprint density at radius 1 is 1.19 bits per heavy atom. The zero-order valence-corrected chi connectivity index (χ0v) is 17.5. The Kier molecular flexibility index (Phi) is 7.25. The van der Waals surface area contributed by atoms with Gasteiger partial charge in [0.1, 0.15) is 17.5 Å². The SMILES string of the molecule is CC(=O)N(c1nc(/C=C(\C#N)C(=O)NCCc2ccccc2)cs1)c1ccccc1F. The van der Waals surface area contributed by atoms with Crippen LogP contribution in [0.15, 0.2) is 65.6 Å². The third-order valence-electron chi connectivity index (χ3n) is 4.31. The number of hydrogen-bond donors (Lipinski definition) is 1. The van der Waals surface area contributed by atoms with Gasteiger partial charge in [0, 0.05) is 18.8 Å². The maximum atomic E-state index is 14.2. The van der Waals surface area contributed by atoms with Gasteiger partial charge in [-0.15, -0.1) is 11.3 Å². The number of hydrogen-bond acceptors (Lipinski definition) is 5. The van der Waals surface area contributed by atoms with Gasteiger partial charge in [-0.1, -0.05) is 42.5 Å². The van der Waals surface area contributed by atoms with Crippen molar-refractivity contribution in [1.82, 2.24) is 10.3 Å². The molecule has 0 saturated carbocycles. The Morgan fingerprint density at radius 2 is 1.90 bits per heavy atom. The number of carbonyl (C=O) groups excluding carboxylic acids is 2. The van der Waals surface area contributed by atoms with Crippen LogP contribution >= 0.6 is 11.3 Å². The average Bonchev–Trinajstić information content (AvgIpc) is 3.22. The van der Waals surface area contributed by atoms with Crippen molar-refractivity contribution in [2.45, 2.75) is 13.3 Å². The lowest BCUT2D eigenvalue weighted by Crippen LogP contribution is -2.26. The van der Waals surface area contributed by atoms with E-state index in [1.165, 1.54) is 31.2 Å². The number of amides is 2. The van der Waals surface area contributed by atoms with E-state index in [9.17, 15) is 19.2 Å². The van der Waals surface area contributed by atoms with E-state index in [1.807, 2.05) is 36.4 Å². The number of rotatable bonds is 7. The minimum absolute atomic E-state index is 0.0824. The smallest absolute Gasteiger partial charge is 0.262 e. The number of carbonyl (C=O) groups is 2. The highest BCUT2D eigenvalue weighted by atomic mass is 32.1. The number of aromatic nitrogens is 1. The fourth-order valence-corrected chi connectivity index (χ4v) is 3.68. The minimum Gasteiger partial charge on any atom is -0.351 e. The van der Waals surface area contributed by atoms with Crippen molar-refractivity contribution in [2.75, 3.05) is 11.4 Å². The molecule has 1 aromatic heterocycles. The number of para-hydroxylation sites is 1. The van der Waals surface area contributed by atoms with Crippen molar-refractivity contribution in [3.05, 3.63) is 82.6 Å². The summed E-state index contributed by atoms with van der Waals surface area (Å²) in [6.07, 6.45) is 1.99. The first-order valence-corrected chi connectivity index (χ1v) is 10.3. The Morgan fingerprint density at radius 3 is 2.58 bits per heavy atom. The summed E-state index contributed by atoms with van der Waals surface area (Å²) in [6.45, 7) is 1.69. The van der Waals surface area contributed by atoms with Crippen molar-refractivity contribution in [3.8, 4) is 6.07 Å². The fraction of sp³-hybridized carbons (Fsp3) is 0.130. The van der Waals surface area contributed by atoms with Gasteiger partial charge in [-0.25, -0.2) is 9.37 Å². The first kappa shape index (κ1) is 21.9. The number of benzene rings is 2. The number of thiazole rings is 1. The lowest BCUT2D eigenvalue weighted by atomic mass is 10.1. The Balaban J connectivity index is 1.73. The van der Waals surface area contributed by atoms with Crippen LogP contribution in [0.1, 0.15) is 18.2 Å². The van der Waals surface area contributed by atoms with E-state index < -0.39 is 17.6 Å². The standard InChI is InChI=1S/C23H19FN4O2S/c1-16(29)28(21-10-6-5-9-20(21)24)23-27-19(15-31-23)13-18(14-25)22(30)26-12-11-17-7-3-2-4-8-17/h2-10,13,15H,11-12H2,1H3,(H,26,30)/b18-13+. The van der Waals surface area contributed by atoms with E-state index >= 15 is 0 Å². The first-order chi connectivity index (χ1) is 15.0. The van der Waals surface area contributed by atoms with E-state index in [4.69, 9.17) is 0 Å². The lowest BCUT2D eigenvalue weighted by molar-refractivity contribution is -0.117. The molecule has 0 fully saturated rings. The van der Waals surface area contributed by atoms with Gasteiger partial charge in [0.05, 0.1) is 11.4 Å². The van der Waals surface area contributed by atoms with Gasteiger partial charge in [0.25, 0.3) is 5.91 Å². The molecule has 2 amide bonds. The molecule has 0 aliphatic heterocycles. The molecule has 1 heterocycles. The van der Waals surface area contributed by atoms with Crippen LogP contribution in [0.2, 0.25) is 0 Å². The molecule has 0 radical (unpaired) electrons. The van der Waals surface area contributed by atoms with Crippen molar-refractivity contribution < 1.29 is 14.0 Å². The van der Waals surface area contributed by atoms with Gasteiger partial charge in [-0.05, 0) is 30.2 Å². The molecule has 0 spiro atoms. The molecule has 8 heteroatoms. The van der Waals surface area contributed by atoms with E-state index in [0.29, 0.717) is 18.7 Å². The van der Waals surface area contributed by atoms with E-state index in [2.05, 4.69) is 10.3 Å². The zero-order chi connectivity index (χ0) is 22.2. The summed E-state index contributed by atoms with van der Waals surface area (Å²) in [5, 5.41) is 13.9. The van der Waals surface area contributed by atoms with Crippen molar-refractivity contribution >= 4 is 40.0 Å². The zero-order valence-electron chi connectivity index (χ0n) is 16.7. The van der Waals surface area contributed by atoms with Gasteiger partial charge < -0.3 is 5.32 Å². The number of anilines is 2. The molecule has 3 aromatic rings. The Labute approximate surface area is 183 Å². The van der Waals surface area contributed by atoms with Crippen molar-refractivity contribution in [3.63, 3.8) is 0 Å². The number of halogens is 1. The predicted octanol–water partition coefficient (Wildman–Crippen LogP) is 4.23. The predicted molar refractivity (Wildman–Crippen MR) is 118 cm³/mol. The number of nitriles is 1. The molecule has 6 nitrogen and oxygen atoms in total. The molecular formula is C23H19FN4O2S. The quantitative estimate of drug-likeness (QED) is 0.445. The summed E-state index contributed by atoms with van der Waals surface area (Å²) < 4.78 is 14.2. The molecule has 2 aromatic carbocycles. The average molecular weight is 434 g/mol. The summed E-state index contributed by atoms with van der Waals surface area (Å²) in [5.74, 6) is -1.47. The Hall–Kier alpha value is -3.83. The molecule has 0 unspecified atom stereocenters. The van der Waals surface area contributed by atoms with Gasteiger partial charge in [-0.3, -0.25) is 14.5 Å². The molecule has 156 valence electrons. The van der Waals surface area contributed by atoms with Crippen molar-refractivity contribution in [2.24, 2.45) is 0 Å². The van der Waals surface area contributed by atoms with Crippen molar-refractivity contribution in [1.29, 1.82) is 5.26 Å². The van der Waals surface area contributed by atoms with Gasteiger partial charge >= 0.3 is 0 Å². The molecule has 31 heavy (non-hydrogen) atoms. The molecule has 0 aliphatic carbocycles. The van der Waals surface area contributed by atoms with Crippen LogP contribution in [0.3, 0.4) is 0 Å². The van der Waals surface area contributed by atoms with Crippen LogP contribution < -0.4 is 10.2 Å². The highest BCUT2D eigenvalue weighted by Gasteiger charge is 2.21. The summed E-state index contributed by atoms with van der Waals surface area (Å²) in [5.41, 5.74) is 1.38. The van der Waals surface area contributed by atoms with Crippen LogP contribution in [-0.4, -0.2) is 23.3 Å². The second kappa shape index (κ2) is 10.3. The minimum atomic E-state index is -0.555. The van der Waals surface area contributed by atoms with E-state index in [-0.39, 0.29) is 16.4 Å². The normalized spacial score (nSPS) is 10.9. The number of nitrogens with zero attached hydrogens (tertiary/aromatic N) is 3. The first-order valence-electron chi connectivity index (χ1n) is 9.44. The molecule has 0 bridgehead atoms. The highest BCUT2D eigenvalue weighted by Crippen LogP contribution is 2.31. The Bertz CT molecular complexity index is 1150. The largest absolute Gasteiger partial charge is 0.351 e. The fourth-order valence-electron chi connectivity index (χ4n) is 2.84. The van der Waals surface area contributed by atoms with Crippen LogP contribution in [0, 0.1) is 17.1 Å². The molecule has 0 saturated heterocycles. The topological polar surface area (TPSA) is 86.1 Å². The molecule has 0 aliphatic rings. The summed E-state index contributed by atoms with van der Waals surface area (Å²) in [6, 6.07) is 17.4. The van der Waals surface area contributed by atoms with Crippen LogP contribution in [0.5, 0.6) is 0 Å². The van der Waals surface area contributed by atoms with Crippen LogP contribution in [0.4, 0.5) is 15.2 Å². The maximum absolute atomic E-state index is 14.2. The van der Waals surface area contributed by atoms with Gasteiger partial charge in [0.2, 0.25) is 5.91 Å². The summed E-state index contributed by atoms with van der Waals surface area (Å²) in [4.78, 5) is 29.9.